The van der Waals surface area contributed by atoms with E-state index in [2.05, 4.69) is 31.9 Å². The van der Waals surface area contributed by atoms with E-state index < -0.39 is 4.92 Å². The van der Waals surface area contributed by atoms with Crippen molar-refractivity contribution in [3.05, 3.63) is 32.8 Å². The number of hydrogen-bond donors (Lipinski definition) is 0. The summed E-state index contributed by atoms with van der Waals surface area (Å²) in [5, 5.41) is 10.8. The Morgan fingerprint density at radius 3 is 2.71 bits per heavy atom. The topological polar surface area (TPSA) is 63.5 Å². The van der Waals surface area contributed by atoms with Gasteiger partial charge in [-0.1, -0.05) is 15.9 Å². The van der Waals surface area contributed by atoms with Crippen molar-refractivity contribution < 1.29 is 9.72 Å². The molecule has 1 aliphatic rings. The van der Waals surface area contributed by atoms with Crippen molar-refractivity contribution >= 4 is 49.1 Å². The van der Waals surface area contributed by atoms with Crippen LogP contribution >= 0.6 is 31.9 Å². The third-order valence-corrected chi connectivity index (χ3v) is 3.80. The van der Waals surface area contributed by atoms with Crippen LogP contribution in [0, 0.1) is 10.1 Å². The van der Waals surface area contributed by atoms with Crippen molar-refractivity contribution in [2.24, 2.45) is 0 Å². The maximum Gasteiger partial charge on any atom is 0.285 e. The summed E-state index contributed by atoms with van der Waals surface area (Å²) in [6, 6.07) is 4.69. The Morgan fingerprint density at radius 2 is 2.18 bits per heavy atom. The van der Waals surface area contributed by atoms with Gasteiger partial charge < -0.3 is 4.90 Å². The number of benzene rings is 1. The predicted molar refractivity (Wildman–Crippen MR) is 70.5 cm³/mol. The number of carbonyl (C=O) groups is 1. The van der Waals surface area contributed by atoms with Crippen molar-refractivity contribution in [2.75, 3.05) is 11.4 Å². The first kappa shape index (κ1) is 12.5. The van der Waals surface area contributed by atoms with Gasteiger partial charge in [-0.05, 0) is 28.1 Å². The number of anilines is 1. The Bertz CT molecular complexity index is 492. The van der Waals surface area contributed by atoms with Crippen LogP contribution in [0.2, 0.25) is 0 Å². The Morgan fingerprint density at radius 1 is 1.47 bits per heavy atom. The second-order valence-corrected chi connectivity index (χ2v) is 5.85. The highest BCUT2D eigenvalue weighted by Crippen LogP contribution is 2.32. The number of alkyl halides is 1. The molecule has 0 radical (unpaired) electrons. The first-order valence-corrected chi connectivity index (χ1v) is 6.58. The Balaban J connectivity index is 2.37. The average molecular weight is 364 g/mol. The quantitative estimate of drug-likeness (QED) is 0.461. The smallest absolute Gasteiger partial charge is 0.285 e. The lowest BCUT2D eigenvalue weighted by Gasteiger charge is -2.15. The lowest BCUT2D eigenvalue weighted by atomic mass is 10.2. The van der Waals surface area contributed by atoms with Gasteiger partial charge in [-0.2, -0.15) is 0 Å². The molecular weight excluding hydrogens is 356 g/mol. The zero-order valence-corrected chi connectivity index (χ0v) is 11.8. The standard InChI is InChI=1S/C10H8Br2N2O3/c11-6-3-10(15)13(5-6)7-1-2-8(12)9(4-7)14(16)17/h1-2,4,6H,3,5H2. The number of carbonyl (C=O) groups excluding carboxylic acids is 1. The molecule has 1 atom stereocenters. The molecule has 0 saturated carbocycles. The molecule has 0 spiro atoms. The molecule has 7 heteroatoms. The summed E-state index contributed by atoms with van der Waals surface area (Å²) in [5.41, 5.74) is 0.528. The van der Waals surface area contributed by atoms with Crippen molar-refractivity contribution in [1.29, 1.82) is 0 Å². The molecule has 0 aromatic heterocycles. The van der Waals surface area contributed by atoms with Crippen molar-refractivity contribution in [3.8, 4) is 0 Å². The molecule has 1 heterocycles. The molecule has 0 N–H and O–H groups in total. The fourth-order valence-corrected chi connectivity index (χ4v) is 2.68. The lowest BCUT2D eigenvalue weighted by Crippen LogP contribution is -2.24. The third kappa shape index (κ3) is 2.50. The monoisotopic (exact) mass is 362 g/mol. The molecule has 1 amide bonds. The maximum absolute atomic E-state index is 11.7. The number of nitro benzene ring substituents is 1. The van der Waals surface area contributed by atoms with Crippen LogP contribution < -0.4 is 4.90 Å². The van der Waals surface area contributed by atoms with Crippen molar-refractivity contribution in [3.63, 3.8) is 0 Å². The summed E-state index contributed by atoms with van der Waals surface area (Å²) in [7, 11) is 0. The van der Waals surface area contributed by atoms with Gasteiger partial charge in [0.25, 0.3) is 5.69 Å². The molecule has 0 bridgehead atoms. The van der Waals surface area contributed by atoms with E-state index in [1.54, 1.807) is 17.0 Å². The first-order valence-electron chi connectivity index (χ1n) is 4.87. The maximum atomic E-state index is 11.7. The van der Waals surface area contributed by atoms with Gasteiger partial charge >= 0.3 is 0 Å². The lowest BCUT2D eigenvalue weighted by molar-refractivity contribution is -0.385. The molecule has 17 heavy (non-hydrogen) atoms. The summed E-state index contributed by atoms with van der Waals surface area (Å²) >= 11 is 6.48. The Hall–Kier alpha value is -0.950. The van der Waals surface area contributed by atoms with E-state index >= 15 is 0 Å². The Labute approximate surface area is 114 Å². The fraction of sp³-hybridized carbons (Fsp3) is 0.300. The van der Waals surface area contributed by atoms with E-state index in [-0.39, 0.29) is 16.4 Å². The SMILES string of the molecule is O=C1CC(Br)CN1c1ccc(Br)c([N+](=O)[O-])c1. The highest BCUT2D eigenvalue weighted by molar-refractivity contribution is 9.10. The number of rotatable bonds is 2. The van der Waals surface area contributed by atoms with E-state index in [0.717, 1.165) is 0 Å². The molecule has 90 valence electrons. The molecule has 1 aromatic carbocycles. The van der Waals surface area contributed by atoms with Crippen LogP contribution in [0.3, 0.4) is 0 Å². The van der Waals surface area contributed by atoms with E-state index in [1.165, 1.54) is 6.07 Å². The van der Waals surface area contributed by atoms with Crippen LogP contribution in [0.5, 0.6) is 0 Å². The minimum atomic E-state index is -0.472. The van der Waals surface area contributed by atoms with Crippen LogP contribution in [-0.2, 0) is 4.79 Å². The number of nitrogens with zero attached hydrogens (tertiary/aromatic N) is 2. The minimum absolute atomic E-state index is 0.0245. The highest BCUT2D eigenvalue weighted by atomic mass is 79.9. The average Bonchev–Trinajstić information content (AvgIpc) is 2.58. The van der Waals surface area contributed by atoms with Crippen LogP contribution in [0.1, 0.15) is 6.42 Å². The van der Waals surface area contributed by atoms with E-state index in [4.69, 9.17) is 0 Å². The van der Waals surface area contributed by atoms with Gasteiger partial charge in [-0.15, -0.1) is 0 Å². The van der Waals surface area contributed by atoms with Gasteiger partial charge in [0.1, 0.15) is 0 Å². The molecule has 1 saturated heterocycles. The number of hydrogen-bond acceptors (Lipinski definition) is 3. The van der Waals surface area contributed by atoms with Crippen LogP contribution in [0.4, 0.5) is 11.4 Å². The molecule has 5 nitrogen and oxygen atoms in total. The van der Waals surface area contributed by atoms with Crippen LogP contribution in [-0.4, -0.2) is 22.2 Å². The third-order valence-electron chi connectivity index (χ3n) is 2.52. The van der Waals surface area contributed by atoms with Gasteiger partial charge in [-0.3, -0.25) is 14.9 Å². The summed E-state index contributed by atoms with van der Waals surface area (Å²) < 4.78 is 0.410. The summed E-state index contributed by atoms with van der Waals surface area (Å²) in [6.07, 6.45) is 0.420. The highest BCUT2D eigenvalue weighted by Gasteiger charge is 2.29. The zero-order chi connectivity index (χ0) is 12.6. The Kier molecular flexibility index (Phi) is 3.48. The second kappa shape index (κ2) is 4.73. The largest absolute Gasteiger partial charge is 0.311 e. The molecular formula is C10H8Br2N2O3. The normalized spacial score (nSPS) is 19.8. The van der Waals surface area contributed by atoms with Crippen LogP contribution in [0.15, 0.2) is 22.7 Å². The van der Waals surface area contributed by atoms with Crippen molar-refractivity contribution in [1.82, 2.24) is 0 Å². The zero-order valence-electron chi connectivity index (χ0n) is 8.60. The molecule has 1 fully saturated rings. The molecule has 2 rings (SSSR count). The fourth-order valence-electron chi connectivity index (χ4n) is 1.72. The van der Waals surface area contributed by atoms with E-state index in [0.29, 0.717) is 23.1 Å². The van der Waals surface area contributed by atoms with Gasteiger partial charge in [0.2, 0.25) is 5.91 Å². The first-order chi connectivity index (χ1) is 7.99. The summed E-state index contributed by atoms with van der Waals surface area (Å²) in [5.74, 6) is -0.0245. The number of halogens is 2. The van der Waals surface area contributed by atoms with Gasteiger partial charge in [0.05, 0.1) is 15.1 Å². The number of nitro groups is 1. The second-order valence-electron chi connectivity index (χ2n) is 3.70. The summed E-state index contributed by atoms with van der Waals surface area (Å²) in [6.45, 7) is 0.539. The molecule has 1 aliphatic heterocycles. The van der Waals surface area contributed by atoms with E-state index in [1.807, 2.05) is 0 Å². The minimum Gasteiger partial charge on any atom is -0.311 e. The molecule has 0 aliphatic carbocycles. The van der Waals surface area contributed by atoms with Crippen molar-refractivity contribution in [2.45, 2.75) is 11.2 Å². The van der Waals surface area contributed by atoms with Gasteiger partial charge in [0.15, 0.2) is 0 Å². The number of amides is 1. The summed E-state index contributed by atoms with van der Waals surface area (Å²) in [4.78, 5) is 23.7. The van der Waals surface area contributed by atoms with Gasteiger partial charge in [0, 0.05) is 23.9 Å². The van der Waals surface area contributed by atoms with E-state index in [9.17, 15) is 14.9 Å². The van der Waals surface area contributed by atoms with Crippen LogP contribution in [0.25, 0.3) is 0 Å². The van der Waals surface area contributed by atoms with Gasteiger partial charge in [-0.25, -0.2) is 0 Å². The molecule has 1 unspecified atom stereocenters. The predicted octanol–water partition coefficient (Wildman–Crippen LogP) is 2.86. The molecule has 1 aromatic rings.